The predicted molar refractivity (Wildman–Crippen MR) is 93.6 cm³/mol. The lowest BCUT2D eigenvalue weighted by Gasteiger charge is -2.32. The zero-order valence-electron chi connectivity index (χ0n) is 14.2. The number of carbonyl (C=O) groups is 2. The van der Waals surface area contributed by atoms with Crippen LogP contribution >= 0.6 is 0 Å². The van der Waals surface area contributed by atoms with Crippen LogP contribution in [-0.4, -0.2) is 59.3 Å². The summed E-state index contributed by atoms with van der Waals surface area (Å²) >= 11 is 0. The van der Waals surface area contributed by atoms with Crippen molar-refractivity contribution in [3.05, 3.63) is 36.0 Å². The molecule has 0 radical (unpaired) electrons. The predicted octanol–water partition coefficient (Wildman–Crippen LogP) is 1.98. The van der Waals surface area contributed by atoms with Gasteiger partial charge in [0.25, 0.3) is 0 Å². The molecule has 1 aromatic heterocycles. The van der Waals surface area contributed by atoms with Gasteiger partial charge in [0, 0.05) is 49.8 Å². The Labute approximate surface area is 146 Å². The average Bonchev–Trinajstić information content (AvgIpc) is 3.04. The van der Waals surface area contributed by atoms with Gasteiger partial charge in [0.15, 0.2) is 0 Å². The summed E-state index contributed by atoms with van der Waals surface area (Å²) in [7, 11) is 1.70. The minimum Gasteiger partial charge on any atom is -0.480 e. The summed E-state index contributed by atoms with van der Waals surface area (Å²) in [6.07, 6.45) is 3.57. The number of aromatic nitrogens is 1. The highest BCUT2D eigenvalue weighted by atomic mass is 16.5. The molecule has 1 fully saturated rings. The number of aromatic amines is 1. The molecule has 1 aromatic carbocycles. The second-order valence-electron chi connectivity index (χ2n) is 6.36. The van der Waals surface area contributed by atoms with Gasteiger partial charge >= 0.3 is 12.0 Å². The van der Waals surface area contributed by atoms with Crippen LogP contribution in [0.15, 0.2) is 30.5 Å². The van der Waals surface area contributed by atoms with Crippen molar-refractivity contribution in [1.29, 1.82) is 0 Å². The SMILES string of the molecule is CN(C(=O)N[C@@H](Cc1c[nH]c2ccccc12)C(=O)O)C1CCOCC1. The second-order valence-corrected chi connectivity index (χ2v) is 6.36. The van der Waals surface area contributed by atoms with Crippen molar-refractivity contribution in [3.8, 4) is 0 Å². The molecule has 3 N–H and O–H groups in total. The molecule has 2 aromatic rings. The number of H-pyrrole nitrogens is 1. The maximum absolute atomic E-state index is 12.5. The molecule has 134 valence electrons. The molecule has 2 heterocycles. The fourth-order valence-electron chi connectivity index (χ4n) is 3.21. The molecule has 0 spiro atoms. The number of urea groups is 1. The molecule has 25 heavy (non-hydrogen) atoms. The number of para-hydroxylation sites is 1. The number of carboxylic acid groups (broad SMARTS) is 1. The molecule has 0 unspecified atom stereocenters. The molecule has 7 nitrogen and oxygen atoms in total. The maximum atomic E-state index is 12.5. The van der Waals surface area contributed by atoms with Crippen molar-refractivity contribution >= 4 is 22.9 Å². The molecule has 3 rings (SSSR count). The highest BCUT2D eigenvalue weighted by molar-refractivity contribution is 5.86. The van der Waals surface area contributed by atoms with Gasteiger partial charge in [-0.3, -0.25) is 0 Å². The summed E-state index contributed by atoms with van der Waals surface area (Å²) in [6.45, 7) is 1.25. The van der Waals surface area contributed by atoms with Crippen molar-refractivity contribution in [2.75, 3.05) is 20.3 Å². The third-order valence-electron chi connectivity index (χ3n) is 4.75. The zero-order valence-corrected chi connectivity index (χ0v) is 14.2. The Kier molecular flexibility index (Phi) is 5.23. The van der Waals surface area contributed by atoms with E-state index in [1.165, 1.54) is 0 Å². The van der Waals surface area contributed by atoms with Crippen LogP contribution < -0.4 is 5.32 Å². The van der Waals surface area contributed by atoms with Gasteiger partial charge in [-0.05, 0) is 24.5 Å². The van der Waals surface area contributed by atoms with E-state index in [1.807, 2.05) is 24.3 Å². The molecule has 1 aliphatic rings. The van der Waals surface area contributed by atoms with Crippen molar-refractivity contribution in [1.82, 2.24) is 15.2 Å². The Morgan fingerprint density at radius 1 is 1.36 bits per heavy atom. The summed E-state index contributed by atoms with van der Waals surface area (Å²) in [5.74, 6) is -1.04. The van der Waals surface area contributed by atoms with Crippen molar-refractivity contribution in [3.63, 3.8) is 0 Å². The van der Waals surface area contributed by atoms with E-state index in [1.54, 1.807) is 18.1 Å². The summed E-state index contributed by atoms with van der Waals surface area (Å²) in [5.41, 5.74) is 1.82. The lowest BCUT2D eigenvalue weighted by Crippen LogP contribution is -2.51. The number of rotatable bonds is 5. The molecular formula is C18H23N3O4. The van der Waals surface area contributed by atoms with E-state index in [4.69, 9.17) is 4.74 Å². The topological polar surface area (TPSA) is 94.7 Å². The largest absolute Gasteiger partial charge is 0.480 e. The minimum atomic E-state index is -1.04. The zero-order chi connectivity index (χ0) is 17.8. The van der Waals surface area contributed by atoms with E-state index in [2.05, 4.69) is 10.3 Å². The fourth-order valence-corrected chi connectivity index (χ4v) is 3.21. The van der Waals surface area contributed by atoms with Crippen molar-refractivity contribution in [2.24, 2.45) is 0 Å². The summed E-state index contributed by atoms with van der Waals surface area (Å²) in [5, 5.41) is 13.1. The Morgan fingerprint density at radius 3 is 2.80 bits per heavy atom. The molecule has 7 heteroatoms. The van der Waals surface area contributed by atoms with Gasteiger partial charge in [-0.25, -0.2) is 9.59 Å². The first-order valence-corrected chi connectivity index (χ1v) is 8.45. The number of aliphatic carboxylic acids is 1. The van der Waals surface area contributed by atoms with E-state index in [0.29, 0.717) is 13.2 Å². The fraction of sp³-hybridized carbons (Fsp3) is 0.444. The first kappa shape index (κ1) is 17.3. The van der Waals surface area contributed by atoms with E-state index >= 15 is 0 Å². The van der Waals surface area contributed by atoms with Gasteiger partial charge in [0.1, 0.15) is 6.04 Å². The molecular weight excluding hydrogens is 322 g/mol. The lowest BCUT2D eigenvalue weighted by molar-refractivity contribution is -0.139. The van der Waals surface area contributed by atoms with Gasteiger partial charge in [-0.1, -0.05) is 18.2 Å². The van der Waals surface area contributed by atoms with Gasteiger partial charge in [0.05, 0.1) is 0 Å². The summed E-state index contributed by atoms with van der Waals surface area (Å²) in [4.78, 5) is 28.8. The number of amides is 2. The Bertz CT molecular complexity index is 752. The Balaban J connectivity index is 1.68. The number of benzene rings is 1. The lowest BCUT2D eigenvalue weighted by atomic mass is 10.0. The third kappa shape index (κ3) is 3.93. The smallest absolute Gasteiger partial charge is 0.326 e. The first-order valence-electron chi connectivity index (χ1n) is 8.45. The first-order chi connectivity index (χ1) is 12.1. The molecule has 1 saturated heterocycles. The highest BCUT2D eigenvalue weighted by Gasteiger charge is 2.27. The number of nitrogens with zero attached hydrogens (tertiary/aromatic N) is 1. The van der Waals surface area contributed by atoms with E-state index in [9.17, 15) is 14.7 Å². The average molecular weight is 345 g/mol. The van der Waals surface area contributed by atoms with E-state index in [-0.39, 0.29) is 18.5 Å². The second kappa shape index (κ2) is 7.57. The van der Waals surface area contributed by atoms with Crippen molar-refractivity contribution in [2.45, 2.75) is 31.3 Å². The third-order valence-corrected chi connectivity index (χ3v) is 4.75. The van der Waals surface area contributed by atoms with Gasteiger partial charge < -0.3 is 25.0 Å². The summed E-state index contributed by atoms with van der Waals surface area (Å²) < 4.78 is 5.30. The van der Waals surface area contributed by atoms with Crippen LogP contribution in [0.1, 0.15) is 18.4 Å². The minimum absolute atomic E-state index is 0.0799. The van der Waals surface area contributed by atoms with E-state index < -0.39 is 12.0 Å². The molecule has 0 aliphatic carbocycles. The Morgan fingerprint density at radius 2 is 2.08 bits per heavy atom. The number of nitrogens with one attached hydrogen (secondary N) is 2. The monoisotopic (exact) mass is 345 g/mol. The highest BCUT2D eigenvalue weighted by Crippen LogP contribution is 2.19. The normalized spacial score (nSPS) is 16.5. The van der Waals surface area contributed by atoms with Gasteiger partial charge in [-0.2, -0.15) is 0 Å². The number of ether oxygens (including phenoxy) is 1. The maximum Gasteiger partial charge on any atom is 0.326 e. The van der Waals surface area contributed by atoms with Gasteiger partial charge in [0.2, 0.25) is 0 Å². The van der Waals surface area contributed by atoms with Crippen LogP contribution in [0.5, 0.6) is 0 Å². The number of fused-ring (bicyclic) bond motifs is 1. The summed E-state index contributed by atoms with van der Waals surface area (Å²) in [6, 6.07) is 6.45. The Hall–Kier alpha value is -2.54. The molecule has 1 atom stereocenters. The standard InChI is InChI=1S/C18H23N3O4/c1-21(13-6-8-25-9-7-13)18(24)20-16(17(22)23)10-12-11-19-15-5-3-2-4-14(12)15/h2-5,11,13,16,19H,6-10H2,1H3,(H,20,24)(H,22,23)/t16-/m0/s1. The number of hydrogen-bond donors (Lipinski definition) is 3. The van der Waals surface area contributed by atoms with Crippen LogP contribution in [0.4, 0.5) is 4.79 Å². The molecule has 2 amide bonds. The van der Waals surface area contributed by atoms with Crippen LogP contribution in [0.3, 0.4) is 0 Å². The van der Waals surface area contributed by atoms with Crippen LogP contribution in [-0.2, 0) is 16.0 Å². The van der Waals surface area contributed by atoms with Crippen LogP contribution in [0.2, 0.25) is 0 Å². The van der Waals surface area contributed by atoms with Crippen LogP contribution in [0, 0.1) is 0 Å². The number of hydrogen-bond acceptors (Lipinski definition) is 3. The van der Waals surface area contributed by atoms with E-state index in [0.717, 1.165) is 29.3 Å². The molecule has 0 saturated carbocycles. The number of carboxylic acids is 1. The molecule has 0 bridgehead atoms. The number of carbonyl (C=O) groups excluding carboxylic acids is 1. The quantitative estimate of drug-likeness (QED) is 0.772. The molecule has 1 aliphatic heterocycles. The van der Waals surface area contributed by atoms with Gasteiger partial charge in [-0.15, -0.1) is 0 Å². The van der Waals surface area contributed by atoms with Crippen molar-refractivity contribution < 1.29 is 19.4 Å². The van der Waals surface area contributed by atoms with Crippen LogP contribution in [0.25, 0.3) is 10.9 Å².